The van der Waals surface area contributed by atoms with Crippen molar-refractivity contribution < 1.29 is 18.8 Å². The molecular formula is CHAlCaO4. The zero-order valence-corrected chi connectivity index (χ0v) is 7.17. The molecule has 0 aliphatic heterocycles. The summed E-state index contributed by atoms with van der Waals surface area (Å²) in [4.78, 5) is 8.33. The van der Waals surface area contributed by atoms with Crippen LogP contribution in [0.25, 0.3) is 0 Å². The Kier molecular flexibility index (Phi) is 35.4. The molecule has 0 aromatic heterocycles. The normalized spacial score (nSPS) is 3.86. The molecule has 0 heterocycles. The second kappa shape index (κ2) is 15.8. The molecule has 0 bridgehead atoms. The van der Waals surface area contributed by atoms with Crippen molar-refractivity contribution in [3.8, 4) is 0 Å². The molecular weight excluding hydrogens is 143 g/mol. The van der Waals surface area contributed by atoms with Crippen LogP contribution in [0, 0.1) is 0 Å². The molecule has 0 unspecified atom stereocenters. The number of hydrogen-bond donors (Lipinski definition) is 0. The standard InChI is InChI=1S/CH2O3.Al.Ca.O.H/c2-1(3)4;;;;/h(H2,2,3,4);;;;/q;;+2;;/p-2. The number of rotatable bonds is 0. The maximum atomic E-state index is 8.33. The Balaban J connectivity index is -0.0000000480. The molecule has 0 N–H and O–H groups in total. The second-order valence-electron chi connectivity index (χ2n) is 0.250. The minimum absolute atomic E-state index is 0. The monoisotopic (exact) mass is 144 g/mol. The second-order valence-corrected chi connectivity index (χ2v) is 0.250. The van der Waals surface area contributed by atoms with Gasteiger partial charge in [0.1, 0.15) is 0 Å². The topological polar surface area (TPSA) is 80.3 Å². The van der Waals surface area contributed by atoms with Crippen LogP contribution in [0.1, 0.15) is 0 Å². The third-order valence-corrected chi connectivity index (χ3v) is 0. The van der Waals surface area contributed by atoms with Crippen molar-refractivity contribution in [3.63, 3.8) is 0 Å². The molecule has 0 amide bonds. The third-order valence-electron chi connectivity index (χ3n) is 0. The molecule has 0 fully saturated rings. The third kappa shape index (κ3) is 218. The number of carbonyl (C=O) groups excluding carboxylic acids is 1. The van der Waals surface area contributed by atoms with E-state index in [4.69, 9.17) is 18.8 Å². The molecule has 7 heavy (non-hydrogen) atoms. The van der Waals surface area contributed by atoms with E-state index in [0.717, 1.165) is 0 Å². The summed E-state index contributed by atoms with van der Waals surface area (Å²) >= 11 is 0.611. The average molecular weight is 144 g/mol. The first-order valence-corrected chi connectivity index (χ1v) is 1.48. The van der Waals surface area contributed by atoms with Crippen LogP contribution in [0.2, 0.25) is 0 Å². The summed E-state index contributed by atoms with van der Waals surface area (Å²) in [6.07, 6.45) is -2.33. The van der Waals surface area contributed by atoms with Crippen LogP contribution < -0.4 is 10.2 Å². The van der Waals surface area contributed by atoms with E-state index in [9.17, 15) is 0 Å². The van der Waals surface area contributed by atoms with E-state index in [1.54, 1.807) is 0 Å². The van der Waals surface area contributed by atoms with Gasteiger partial charge in [-0.25, -0.2) is 0 Å². The van der Waals surface area contributed by atoms with Crippen LogP contribution in [0.15, 0.2) is 0 Å². The van der Waals surface area contributed by atoms with Crippen molar-refractivity contribution in [2.24, 2.45) is 0 Å². The molecule has 0 spiro atoms. The van der Waals surface area contributed by atoms with E-state index in [1.165, 1.54) is 0 Å². The van der Waals surface area contributed by atoms with Crippen LogP contribution in [0.5, 0.6) is 0 Å². The average Bonchev–Trinajstić information content (AvgIpc) is 1.41. The Morgan fingerprint density at radius 3 is 1.29 bits per heavy atom. The molecule has 0 aromatic carbocycles. The zero-order chi connectivity index (χ0) is 5.58. The van der Waals surface area contributed by atoms with Crippen molar-refractivity contribution in [2.45, 2.75) is 0 Å². The van der Waals surface area contributed by atoms with Gasteiger partial charge in [0.2, 0.25) is 0 Å². The molecule has 0 rings (SSSR count). The van der Waals surface area contributed by atoms with Crippen LogP contribution in [0.4, 0.5) is 4.79 Å². The fourth-order valence-electron chi connectivity index (χ4n) is 0. The van der Waals surface area contributed by atoms with Gasteiger partial charge in [-0.2, -0.15) is 0 Å². The van der Waals surface area contributed by atoms with Crippen molar-refractivity contribution >= 4 is 60.1 Å². The molecule has 34 valence electrons. The van der Waals surface area contributed by atoms with Gasteiger partial charge in [0.15, 0.2) is 0 Å². The van der Waals surface area contributed by atoms with Gasteiger partial charge in [0.05, 0.1) is 0 Å². The van der Waals surface area contributed by atoms with Gasteiger partial charge < -0.3 is 15.0 Å². The van der Waals surface area contributed by atoms with Gasteiger partial charge in [-0.05, 0) is 6.16 Å². The van der Waals surface area contributed by atoms with Gasteiger partial charge >= 0.3 is 57.8 Å². The molecule has 0 aliphatic rings. The van der Waals surface area contributed by atoms with E-state index in [1.807, 2.05) is 0 Å². The predicted molar refractivity (Wildman–Crippen MR) is 19.0 cm³/mol. The number of hydrogen-bond acceptors (Lipinski definition) is 4. The number of carbonyl (C=O) groups is 1. The van der Waals surface area contributed by atoms with Crippen LogP contribution >= 0.6 is 0 Å². The Hall–Kier alpha value is 0.862. The summed E-state index contributed by atoms with van der Waals surface area (Å²) in [5.74, 6) is 0. The Labute approximate surface area is 78.1 Å². The van der Waals surface area contributed by atoms with Crippen LogP contribution in [-0.2, 0) is 3.80 Å². The minimum atomic E-state index is -2.33. The molecule has 6 heteroatoms. The van der Waals surface area contributed by atoms with E-state index < -0.39 is 6.16 Å². The van der Waals surface area contributed by atoms with Gasteiger partial charge in [-0.1, -0.05) is 0 Å². The predicted octanol–water partition coefficient (Wildman–Crippen LogP) is -3.60. The Bertz CT molecular complexity index is 43.0. The van der Waals surface area contributed by atoms with Crippen molar-refractivity contribution in [3.05, 3.63) is 0 Å². The van der Waals surface area contributed by atoms with E-state index in [-0.39, 0.29) is 37.7 Å². The van der Waals surface area contributed by atoms with Crippen molar-refractivity contribution in [1.29, 1.82) is 0 Å². The van der Waals surface area contributed by atoms with E-state index in [0.29, 0.717) is 16.2 Å². The molecule has 0 saturated carbocycles. The Morgan fingerprint density at radius 2 is 1.29 bits per heavy atom. The molecule has 0 atom stereocenters. The van der Waals surface area contributed by atoms with Gasteiger partial charge in [0, 0.05) is 0 Å². The summed E-state index contributed by atoms with van der Waals surface area (Å²) < 4.78 is 8.28. The maximum absolute atomic E-state index is 8.33. The first-order valence-electron chi connectivity index (χ1n) is 0.901. The molecule has 0 saturated heterocycles. The first-order chi connectivity index (χ1) is 2.73. The fourth-order valence-corrected chi connectivity index (χ4v) is 0. The van der Waals surface area contributed by atoms with Gasteiger partial charge in [-0.15, -0.1) is 0 Å². The molecule has 0 radical (unpaired) electrons. The SMILES string of the molecule is O=C([O-])[O-].[Ca+2].[O]=[AlH]. The summed E-state index contributed by atoms with van der Waals surface area (Å²) in [7, 11) is 0. The van der Waals surface area contributed by atoms with Gasteiger partial charge in [0.25, 0.3) is 0 Å². The summed E-state index contributed by atoms with van der Waals surface area (Å²) in [6, 6.07) is 0. The molecule has 4 nitrogen and oxygen atoms in total. The first kappa shape index (κ1) is 15.7. The summed E-state index contributed by atoms with van der Waals surface area (Å²) in [5.41, 5.74) is 0. The quantitative estimate of drug-likeness (QED) is 0.329. The van der Waals surface area contributed by atoms with E-state index in [2.05, 4.69) is 0 Å². The van der Waals surface area contributed by atoms with Crippen molar-refractivity contribution in [1.82, 2.24) is 0 Å². The van der Waals surface area contributed by atoms with Crippen molar-refractivity contribution in [2.75, 3.05) is 0 Å². The van der Waals surface area contributed by atoms with Crippen LogP contribution in [-0.4, -0.2) is 60.1 Å². The zero-order valence-electron chi connectivity index (χ0n) is 3.55. The Morgan fingerprint density at radius 1 is 1.29 bits per heavy atom. The van der Waals surface area contributed by atoms with Crippen LogP contribution in [0.3, 0.4) is 0 Å². The fraction of sp³-hybridized carbons (Fsp3) is 0. The summed E-state index contributed by atoms with van der Waals surface area (Å²) in [6.45, 7) is 0. The molecule has 0 aromatic rings. The molecule has 0 aliphatic carbocycles. The van der Waals surface area contributed by atoms with E-state index >= 15 is 0 Å². The summed E-state index contributed by atoms with van der Waals surface area (Å²) in [5, 5.41) is 16.7. The number of carboxylic acid groups (broad SMARTS) is 2. The van der Waals surface area contributed by atoms with Gasteiger partial charge in [-0.3, -0.25) is 0 Å².